The molecule has 0 radical (unpaired) electrons. The molecular formula is C19H19N5O2. The van der Waals surface area contributed by atoms with E-state index in [1.54, 1.807) is 24.3 Å². The van der Waals surface area contributed by atoms with E-state index in [-0.39, 0.29) is 5.57 Å². The first-order valence-corrected chi connectivity index (χ1v) is 7.77. The summed E-state index contributed by atoms with van der Waals surface area (Å²) in [6.07, 6.45) is 1.23. The highest BCUT2D eigenvalue weighted by Gasteiger charge is 2.24. The standard InChI is InChI=1S/C19H19N5O2/c1-12-3-8-18(17(22)9-12)23-11-14(10-20)19(26)24(13(2)25)16-6-4-15(21)5-7-16/h3-9,11,23H,21-22H2,1-2H3/b14-11-. The van der Waals surface area contributed by atoms with Gasteiger partial charge in [-0.15, -0.1) is 0 Å². The van der Waals surface area contributed by atoms with Crippen LogP contribution in [-0.2, 0) is 9.59 Å². The van der Waals surface area contributed by atoms with Crippen LogP contribution in [0.5, 0.6) is 0 Å². The molecule has 0 fully saturated rings. The zero-order valence-electron chi connectivity index (χ0n) is 14.5. The minimum atomic E-state index is -0.747. The van der Waals surface area contributed by atoms with Crippen molar-refractivity contribution in [3.05, 3.63) is 59.8 Å². The van der Waals surface area contributed by atoms with Crippen molar-refractivity contribution in [2.75, 3.05) is 21.7 Å². The molecule has 0 heterocycles. The Balaban J connectivity index is 2.31. The first kappa shape index (κ1) is 18.5. The van der Waals surface area contributed by atoms with Crippen molar-refractivity contribution in [1.82, 2.24) is 0 Å². The Hall–Kier alpha value is -3.79. The molecule has 0 unspecified atom stereocenters. The fourth-order valence-electron chi connectivity index (χ4n) is 2.29. The van der Waals surface area contributed by atoms with Gasteiger partial charge < -0.3 is 16.8 Å². The molecule has 0 aliphatic carbocycles. The number of hydrogen-bond acceptors (Lipinski definition) is 6. The zero-order chi connectivity index (χ0) is 19.3. The number of imide groups is 1. The van der Waals surface area contributed by atoms with Crippen LogP contribution in [0.25, 0.3) is 0 Å². The summed E-state index contributed by atoms with van der Waals surface area (Å²) in [4.78, 5) is 25.5. The summed E-state index contributed by atoms with van der Waals surface area (Å²) in [5, 5.41) is 12.2. The first-order valence-electron chi connectivity index (χ1n) is 7.77. The number of carbonyl (C=O) groups is 2. The van der Waals surface area contributed by atoms with Crippen LogP contribution in [0, 0.1) is 18.3 Å². The normalized spacial score (nSPS) is 10.7. The van der Waals surface area contributed by atoms with E-state index in [9.17, 15) is 14.9 Å². The van der Waals surface area contributed by atoms with Gasteiger partial charge in [-0.05, 0) is 48.9 Å². The second-order valence-electron chi connectivity index (χ2n) is 5.66. The highest BCUT2D eigenvalue weighted by atomic mass is 16.2. The van der Waals surface area contributed by atoms with Crippen molar-refractivity contribution in [3.8, 4) is 6.07 Å². The largest absolute Gasteiger partial charge is 0.399 e. The Kier molecular flexibility index (Phi) is 5.60. The summed E-state index contributed by atoms with van der Waals surface area (Å²) in [6.45, 7) is 3.15. The molecule has 0 aromatic heterocycles. The highest BCUT2D eigenvalue weighted by Crippen LogP contribution is 2.21. The predicted molar refractivity (Wildman–Crippen MR) is 102 cm³/mol. The minimum absolute atomic E-state index is 0.239. The van der Waals surface area contributed by atoms with Gasteiger partial charge in [0, 0.05) is 18.8 Å². The molecule has 7 nitrogen and oxygen atoms in total. The van der Waals surface area contributed by atoms with Crippen molar-refractivity contribution in [1.29, 1.82) is 5.26 Å². The Bertz CT molecular complexity index is 911. The number of carbonyl (C=O) groups excluding carboxylic acids is 2. The van der Waals surface area contributed by atoms with Crippen molar-refractivity contribution in [2.45, 2.75) is 13.8 Å². The number of nitrogen functional groups attached to an aromatic ring is 2. The Morgan fingerprint density at radius 3 is 2.35 bits per heavy atom. The van der Waals surface area contributed by atoms with Crippen LogP contribution in [0.2, 0.25) is 0 Å². The number of nitrogens with one attached hydrogen (secondary N) is 1. The van der Waals surface area contributed by atoms with Gasteiger partial charge in [0.1, 0.15) is 11.6 Å². The number of benzene rings is 2. The van der Waals surface area contributed by atoms with Crippen LogP contribution < -0.4 is 21.7 Å². The van der Waals surface area contributed by atoms with Gasteiger partial charge in [-0.2, -0.15) is 5.26 Å². The topological polar surface area (TPSA) is 125 Å². The molecular weight excluding hydrogens is 330 g/mol. The third kappa shape index (κ3) is 4.19. The van der Waals surface area contributed by atoms with Crippen molar-refractivity contribution in [3.63, 3.8) is 0 Å². The number of hydrogen-bond donors (Lipinski definition) is 3. The number of nitrogens with two attached hydrogens (primary N) is 2. The smallest absolute Gasteiger partial charge is 0.277 e. The number of nitrogens with zero attached hydrogens (tertiary/aromatic N) is 2. The van der Waals surface area contributed by atoms with Gasteiger partial charge in [0.25, 0.3) is 5.91 Å². The summed E-state index contributed by atoms with van der Waals surface area (Å²) in [5.41, 5.74) is 14.1. The lowest BCUT2D eigenvalue weighted by molar-refractivity contribution is -0.123. The molecule has 0 spiro atoms. The summed E-state index contributed by atoms with van der Waals surface area (Å²) in [6, 6.07) is 13.4. The molecule has 132 valence electrons. The molecule has 5 N–H and O–H groups in total. The van der Waals surface area contributed by atoms with Crippen molar-refractivity contribution in [2.24, 2.45) is 0 Å². The average molecular weight is 349 g/mol. The van der Waals surface area contributed by atoms with Gasteiger partial charge in [0.2, 0.25) is 5.91 Å². The fourth-order valence-corrected chi connectivity index (χ4v) is 2.29. The van der Waals surface area contributed by atoms with Gasteiger partial charge in [0.05, 0.1) is 17.1 Å². The minimum Gasteiger partial charge on any atom is -0.399 e. The highest BCUT2D eigenvalue weighted by molar-refractivity contribution is 6.21. The van der Waals surface area contributed by atoms with E-state index in [1.165, 1.54) is 25.3 Å². The number of aryl methyl sites for hydroxylation is 1. The maximum atomic E-state index is 12.7. The first-order chi connectivity index (χ1) is 12.3. The maximum absolute atomic E-state index is 12.7. The summed E-state index contributed by atoms with van der Waals surface area (Å²) in [7, 11) is 0. The number of rotatable bonds is 4. The van der Waals surface area contributed by atoms with Gasteiger partial charge in [-0.3, -0.25) is 9.59 Å². The van der Waals surface area contributed by atoms with E-state index in [1.807, 2.05) is 19.1 Å². The quantitative estimate of drug-likeness (QED) is 0.442. The third-order valence-electron chi connectivity index (χ3n) is 3.60. The van der Waals surface area contributed by atoms with E-state index >= 15 is 0 Å². The lowest BCUT2D eigenvalue weighted by atomic mass is 10.2. The van der Waals surface area contributed by atoms with Crippen LogP contribution in [0.3, 0.4) is 0 Å². The van der Waals surface area contributed by atoms with E-state index in [0.29, 0.717) is 22.7 Å². The molecule has 2 aromatic rings. The molecule has 26 heavy (non-hydrogen) atoms. The van der Waals surface area contributed by atoms with Crippen molar-refractivity contribution < 1.29 is 9.59 Å². The van der Waals surface area contributed by atoms with Crippen LogP contribution in [0.1, 0.15) is 12.5 Å². The second kappa shape index (κ2) is 7.85. The van der Waals surface area contributed by atoms with Gasteiger partial charge in [-0.25, -0.2) is 4.90 Å². The molecule has 0 saturated heterocycles. The molecule has 0 atom stereocenters. The van der Waals surface area contributed by atoms with Gasteiger partial charge >= 0.3 is 0 Å². The molecule has 0 bridgehead atoms. The van der Waals surface area contributed by atoms with E-state index in [4.69, 9.17) is 11.5 Å². The molecule has 0 aliphatic rings. The van der Waals surface area contributed by atoms with Crippen LogP contribution >= 0.6 is 0 Å². The predicted octanol–water partition coefficient (Wildman–Crippen LogP) is 2.56. The molecule has 7 heteroatoms. The van der Waals surface area contributed by atoms with Crippen molar-refractivity contribution >= 4 is 34.6 Å². The monoisotopic (exact) mass is 349 g/mol. The SMILES string of the molecule is CC(=O)N(C(=O)/C(C#N)=C\Nc1ccc(C)cc1N)c1ccc(N)cc1. The Morgan fingerprint density at radius 1 is 1.15 bits per heavy atom. The number of amides is 2. The zero-order valence-corrected chi connectivity index (χ0v) is 14.5. The average Bonchev–Trinajstić information content (AvgIpc) is 2.58. The second-order valence-corrected chi connectivity index (χ2v) is 5.66. The fraction of sp³-hybridized carbons (Fsp3) is 0.105. The summed E-state index contributed by atoms with van der Waals surface area (Å²) >= 11 is 0. The maximum Gasteiger partial charge on any atom is 0.277 e. The Labute approximate surface area is 151 Å². The summed E-state index contributed by atoms with van der Waals surface area (Å²) < 4.78 is 0. The number of anilines is 4. The van der Waals surface area contributed by atoms with E-state index < -0.39 is 11.8 Å². The molecule has 0 aliphatic heterocycles. The van der Waals surface area contributed by atoms with Gasteiger partial charge in [0.15, 0.2) is 0 Å². The Morgan fingerprint density at radius 2 is 1.81 bits per heavy atom. The van der Waals surface area contributed by atoms with Crippen LogP contribution in [0.4, 0.5) is 22.7 Å². The summed E-state index contributed by atoms with van der Waals surface area (Å²) in [5.74, 6) is -1.27. The lowest BCUT2D eigenvalue weighted by Gasteiger charge is -2.19. The lowest BCUT2D eigenvalue weighted by Crippen LogP contribution is -2.36. The third-order valence-corrected chi connectivity index (χ3v) is 3.60. The van der Waals surface area contributed by atoms with E-state index in [0.717, 1.165) is 10.5 Å². The van der Waals surface area contributed by atoms with E-state index in [2.05, 4.69) is 5.32 Å². The van der Waals surface area contributed by atoms with Crippen LogP contribution in [-0.4, -0.2) is 11.8 Å². The molecule has 2 rings (SSSR count). The number of nitriles is 1. The molecule has 2 aromatic carbocycles. The van der Waals surface area contributed by atoms with Crippen LogP contribution in [0.15, 0.2) is 54.2 Å². The van der Waals surface area contributed by atoms with Gasteiger partial charge in [-0.1, -0.05) is 6.07 Å². The molecule has 0 saturated carbocycles. The molecule has 2 amide bonds.